The zero-order chi connectivity index (χ0) is 27.4. The van der Waals surface area contributed by atoms with Gasteiger partial charge in [0.25, 0.3) is 0 Å². The van der Waals surface area contributed by atoms with E-state index in [0.29, 0.717) is 28.1 Å². The molecule has 0 saturated heterocycles. The summed E-state index contributed by atoms with van der Waals surface area (Å²) in [5.74, 6) is -0.0429. The maximum absolute atomic E-state index is 13.4. The van der Waals surface area contributed by atoms with Gasteiger partial charge < -0.3 is 4.57 Å². The lowest BCUT2D eigenvalue weighted by Crippen LogP contribution is -2.37. The van der Waals surface area contributed by atoms with Gasteiger partial charge in [0, 0.05) is 50.2 Å². The Bertz CT molecular complexity index is 1750. The number of halogens is 4. The Labute approximate surface area is 219 Å². The molecule has 0 saturated carbocycles. The number of oxime groups is 1. The van der Waals surface area contributed by atoms with Crippen molar-refractivity contribution >= 4 is 55.2 Å². The lowest BCUT2D eigenvalue weighted by Gasteiger charge is -2.13. The number of benzene rings is 3. The predicted octanol–water partition coefficient (Wildman–Crippen LogP) is 6.37. The molecule has 12 heteroatoms. The molecule has 6 nitrogen and oxygen atoms in total. The first-order valence-electron chi connectivity index (χ1n) is 11.5. The molecule has 0 radical (unpaired) electrons. The van der Waals surface area contributed by atoms with Gasteiger partial charge in [-0.05, 0) is 49.7 Å². The lowest BCUT2D eigenvalue weighted by molar-refractivity contribution is -0.0707. The molecule has 0 spiro atoms. The van der Waals surface area contributed by atoms with Crippen LogP contribution in [0, 0.1) is 6.92 Å². The lowest BCUT2D eigenvalue weighted by atomic mass is 9.97. The van der Waals surface area contributed by atoms with Crippen molar-refractivity contribution in [1.29, 1.82) is 0 Å². The average Bonchev–Trinajstić information content (AvgIpc) is 3.43. The molecule has 1 aromatic heterocycles. The highest BCUT2D eigenvalue weighted by Crippen LogP contribution is 2.40. The van der Waals surface area contributed by atoms with E-state index >= 15 is 0 Å². The van der Waals surface area contributed by atoms with E-state index in [1.54, 1.807) is 30.3 Å². The van der Waals surface area contributed by atoms with E-state index in [0.717, 1.165) is 27.4 Å². The van der Waals surface area contributed by atoms with E-state index in [2.05, 4.69) is 14.0 Å². The molecule has 0 aliphatic carbocycles. The van der Waals surface area contributed by atoms with Gasteiger partial charge >= 0.3 is 21.8 Å². The molecule has 2 heterocycles. The van der Waals surface area contributed by atoms with Crippen molar-refractivity contribution in [2.45, 2.75) is 37.0 Å². The number of nitrogens with zero attached hydrogens (tertiary/aromatic N) is 2. The third-order valence-electron chi connectivity index (χ3n) is 6.44. The molecule has 198 valence electrons. The van der Waals surface area contributed by atoms with E-state index in [1.165, 1.54) is 11.8 Å². The van der Waals surface area contributed by atoms with E-state index in [9.17, 15) is 30.8 Å². The summed E-state index contributed by atoms with van der Waals surface area (Å²) >= 11 is 1.28. The molecule has 1 aliphatic rings. The summed E-state index contributed by atoms with van der Waals surface area (Å²) in [7, 11) is -5.99. The van der Waals surface area contributed by atoms with Crippen LogP contribution in [0.15, 0.2) is 64.6 Å². The molecule has 1 aliphatic heterocycles. The highest BCUT2D eigenvalue weighted by atomic mass is 32.2. The Morgan fingerprint density at radius 2 is 1.82 bits per heavy atom. The van der Waals surface area contributed by atoms with Crippen LogP contribution in [0.2, 0.25) is 0 Å². The number of carbonyl (C=O) groups is 1. The van der Waals surface area contributed by atoms with Gasteiger partial charge in [0.05, 0.1) is 5.52 Å². The van der Waals surface area contributed by atoms with Gasteiger partial charge in [-0.15, -0.1) is 11.8 Å². The molecule has 0 fully saturated rings. The maximum atomic E-state index is 13.4. The summed E-state index contributed by atoms with van der Waals surface area (Å²) in [4.78, 5) is 14.0. The van der Waals surface area contributed by atoms with E-state index in [-0.39, 0.29) is 17.2 Å². The molecular weight excluding hydrogens is 544 g/mol. The fourth-order valence-electron chi connectivity index (χ4n) is 4.49. The van der Waals surface area contributed by atoms with E-state index in [4.69, 9.17) is 0 Å². The summed E-state index contributed by atoms with van der Waals surface area (Å²) in [6, 6.07) is 16.3. The number of hydrogen-bond acceptors (Lipinski definition) is 6. The quantitative estimate of drug-likeness (QED) is 0.148. The van der Waals surface area contributed by atoms with Crippen molar-refractivity contribution in [3.8, 4) is 0 Å². The van der Waals surface area contributed by atoms with Crippen molar-refractivity contribution in [2.75, 3.05) is 5.75 Å². The number of rotatable bonds is 7. The van der Waals surface area contributed by atoms with Crippen LogP contribution < -0.4 is 0 Å². The summed E-state index contributed by atoms with van der Waals surface area (Å²) < 4.78 is 81.2. The van der Waals surface area contributed by atoms with Crippen molar-refractivity contribution in [3.05, 3.63) is 76.9 Å². The highest BCUT2D eigenvalue weighted by molar-refractivity contribution is 8.00. The Morgan fingerprint density at radius 1 is 1.11 bits per heavy atom. The smallest absolute Gasteiger partial charge is 0.341 e. The Balaban J connectivity index is 1.61. The molecular formula is C26H20F4N2O4S2. The second kappa shape index (κ2) is 9.42. The Morgan fingerprint density at radius 3 is 2.50 bits per heavy atom. The first-order valence-corrected chi connectivity index (χ1v) is 13.8. The van der Waals surface area contributed by atoms with Crippen LogP contribution in [-0.4, -0.2) is 41.9 Å². The average molecular weight is 565 g/mol. The minimum Gasteiger partial charge on any atom is -0.341 e. The molecule has 4 aromatic rings. The van der Waals surface area contributed by atoms with Gasteiger partial charge in [-0.2, -0.15) is 17.2 Å². The second-order valence-corrected chi connectivity index (χ2v) is 11.3. The van der Waals surface area contributed by atoms with Crippen molar-refractivity contribution in [2.24, 2.45) is 5.16 Å². The number of fused-ring (bicyclic) bond motifs is 4. The standard InChI is InChI=1S/C26H20F4N2O4S2/c1-3-32-21-9-8-15(24(33)16-7-5-4-6-14(16)2)10-17(21)18-11-19-20(13-37-23(19)12-22(18)32)31-36-38(34,35)26(29,30)25(27)28/h4-12,25H,3,13H2,1-2H3/b31-20+. The summed E-state index contributed by atoms with van der Waals surface area (Å²) in [6.07, 6.45) is -4.46. The minimum absolute atomic E-state index is 0.0186. The Kier molecular flexibility index (Phi) is 6.50. The molecule has 0 atom stereocenters. The van der Waals surface area contributed by atoms with Gasteiger partial charge in [0.2, 0.25) is 0 Å². The van der Waals surface area contributed by atoms with Crippen LogP contribution in [-0.2, 0) is 20.9 Å². The first-order chi connectivity index (χ1) is 18.0. The predicted molar refractivity (Wildman–Crippen MR) is 138 cm³/mol. The largest absolute Gasteiger partial charge is 0.441 e. The molecule has 3 aromatic carbocycles. The fourth-order valence-corrected chi connectivity index (χ4v) is 6.02. The number of aryl methyl sites for hydroxylation is 2. The van der Waals surface area contributed by atoms with E-state index in [1.807, 2.05) is 38.1 Å². The molecule has 0 bridgehead atoms. The number of ketones is 1. The SMILES string of the molecule is CCn1c2ccc(C(=O)c3ccccc3C)cc2c2cc3c(cc21)SC/C3=N\OS(=O)(=O)C(F)(F)C(F)F. The molecule has 0 unspecified atom stereocenters. The normalized spacial score (nSPS) is 15.1. The molecule has 5 rings (SSSR count). The van der Waals surface area contributed by atoms with Gasteiger partial charge in [0.15, 0.2) is 5.78 Å². The van der Waals surface area contributed by atoms with Crippen molar-refractivity contribution < 1.29 is 35.1 Å². The maximum Gasteiger partial charge on any atom is 0.441 e. The van der Waals surface area contributed by atoms with Crippen LogP contribution in [0.5, 0.6) is 0 Å². The van der Waals surface area contributed by atoms with Crippen LogP contribution >= 0.6 is 11.8 Å². The Hall–Kier alpha value is -3.38. The molecule has 0 N–H and O–H groups in total. The summed E-state index contributed by atoms with van der Waals surface area (Å²) in [5.41, 5.74) is 4.08. The fraction of sp³-hybridized carbons (Fsp3) is 0.231. The monoisotopic (exact) mass is 564 g/mol. The summed E-state index contributed by atoms with van der Waals surface area (Å²) in [5, 5.41) is -0.577. The van der Waals surface area contributed by atoms with E-state index < -0.39 is 21.8 Å². The van der Waals surface area contributed by atoms with Gasteiger partial charge in [-0.25, -0.2) is 8.78 Å². The summed E-state index contributed by atoms with van der Waals surface area (Å²) in [6.45, 7) is 4.45. The minimum atomic E-state index is -5.99. The number of hydrogen-bond donors (Lipinski definition) is 0. The van der Waals surface area contributed by atoms with Crippen molar-refractivity contribution in [3.63, 3.8) is 0 Å². The first kappa shape index (κ1) is 26.2. The van der Waals surface area contributed by atoms with Crippen molar-refractivity contribution in [1.82, 2.24) is 4.57 Å². The molecule has 0 amide bonds. The van der Waals surface area contributed by atoms with Crippen LogP contribution in [0.3, 0.4) is 0 Å². The topological polar surface area (TPSA) is 77.7 Å². The number of carbonyl (C=O) groups excluding carboxylic acids is 1. The zero-order valence-corrected chi connectivity index (χ0v) is 21.7. The number of alkyl halides is 4. The van der Waals surface area contributed by atoms with Gasteiger partial charge in [-0.3, -0.25) is 9.08 Å². The number of thioether (sulfide) groups is 1. The second-order valence-electron chi connectivity index (χ2n) is 8.70. The third kappa shape index (κ3) is 4.15. The van der Waals surface area contributed by atoms with Gasteiger partial charge in [0.1, 0.15) is 5.71 Å². The van der Waals surface area contributed by atoms with Crippen LogP contribution in [0.25, 0.3) is 21.8 Å². The zero-order valence-electron chi connectivity index (χ0n) is 20.0. The van der Waals surface area contributed by atoms with Crippen LogP contribution in [0.1, 0.15) is 34.0 Å². The van der Waals surface area contributed by atoms with Gasteiger partial charge in [-0.1, -0.05) is 29.4 Å². The number of aromatic nitrogens is 1. The third-order valence-corrected chi connectivity index (χ3v) is 8.62. The highest BCUT2D eigenvalue weighted by Gasteiger charge is 2.57. The molecule has 38 heavy (non-hydrogen) atoms. The van der Waals surface area contributed by atoms with Crippen LogP contribution in [0.4, 0.5) is 17.6 Å².